The van der Waals surface area contributed by atoms with Gasteiger partial charge in [-0.15, -0.1) is 10.2 Å². The first-order valence-electron chi connectivity index (χ1n) is 10.7. The van der Waals surface area contributed by atoms with Crippen molar-refractivity contribution in [2.75, 3.05) is 26.4 Å². The number of aryl methyl sites for hydroxylation is 1. The van der Waals surface area contributed by atoms with Crippen LogP contribution < -0.4 is 0 Å². The van der Waals surface area contributed by atoms with Gasteiger partial charge in [0.25, 0.3) is 0 Å². The van der Waals surface area contributed by atoms with Crippen LogP contribution in [0.4, 0.5) is 0 Å². The van der Waals surface area contributed by atoms with Crippen molar-refractivity contribution in [2.24, 2.45) is 0 Å². The molecule has 178 valence electrons. The first-order valence-corrected chi connectivity index (χ1v) is 12.6. The minimum Gasteiger partial charge on any atom is -0.425 e. The Labute approximate surface area is 189 Å². The van der Waals surface area contributed by atoms with Crippen LogP contribution in [0, 0.1) is 6.92 Å². The van der Waals surface area contributed by atoms with E-state index in [1.165, 1.54) is 10.6 Å². The molecular formula is C21H33N5O5S. The second kappa shape index (κ2) is 8.68. The van der Waals surface area contributed by atoms with Crippen LogP contribution in [-0.2, 0) is 26.7 Å². The van der Waals surface area contributed by atoms with Gasteiger partial charge < -0.3 is 8.94 Å². The van der Waals surface area contributed by atoms with Crippen molar-refractivity contribution in [1.82, 2.24) is 24.6 Å². The van der Waals surface area contributed by atoms with Crippen LogP contribution in [0.15, 0.2) is 15.0 Å². The number of aromatic nitrogens is 3. The van der Waals surface area contributed by atoms with Crippen molar-refractivity contribution in [3.8, 4) is 0 Å². The Morgan fingerprint density at radius 2 is 1.84 bits per heavy atom. The predicted molar refractivity (Wildman–Crippen MR) is 118 cm³/mol. The summed E-state index contributed by atoms with van der Waals surface area (Å²) in [7, 11) is -1.26. The number of carbonyl (C=O) groups is 1. The Morgan fingerprint density at radius 3 is 2.38 bits per heavy atom. The van der Waals surface area contributed by atoms with Gasteiger partial charge >= 0.3 is 0 Å². The molecule has 0 unspecified atom stereocenters. The topological polar surface area (TPSA) is 123 Å². The molecule has 2 aromatic rings. The van der Waals surface area contributed by atoms with Gasteiger partial charge in [0.05, 0.1) is 29.3 Å². The van der Waals surface area contributed by atoms with Gasteiger partial charge in [-0.05, 0) is 47.6 Å². The Balaban J connectivity index is 1.66. The number of nitrogens with zero attached hydrogens (tertiary/aromatic N) is 5. The quantitative estimate of drug-likeness (QED) is 0.573. The highest BCUT2D eigenvalue weighted by molar-refractivity contribution is 7.88. The monoisotopic (exact) mass is 467 g/mol. The van der Waals surface area contributed by atoms with E-state index in [0.29, 0.717) is 49.2 Å². The van der Waals surface area contributed by atoms with Crippen LogP contribution in [-0.4, -0.2) is 76.7 Å². The fourth-order valence-corrected chi connectivity index (χ4v) is 4.81. The van der Waals surface area contributed by atoms with Gasteiger partial charge in [-0.3, -0.25) is 9.69 Å². The van der Waals surface area contributed by atoms with Crippen molar-refractivity contribution < 1.29 is 22.2 Å². The summed E-state index contributed by atoms with van der Waals surface area (Å²) in [5.41, 5.74) is -0.779. The summed E-state index contributed by atoms with van der Waals surface area (Å²) in [6, 6.07) is 1.88. The molecule has 0 radical (unpaired) electrons. The van der Waals surface area contributed by atoms with E-state index in [1.54, 1.807) is 13.0 Å². The maximum atomic E-state index is 13.2. The molecule has 10 nitrogen and oxygen atoms in total. The van der Waals surface area contributed by atoms with Crippen molar-refractivity contribution in [1.29, 1.82) is 0 Å². The molecule has 1 fully saturated rings. The molecule has 2 aromatic heterocycles. The number of Topliss-reactive ketones (excluding diaryl/α,β-unsaturated/α-hetero) is 1. The van der Waals surface area contributed by atoms with Crippen LogP contribution >= 0.6 is 0 Å². The van der Waals surface area contributed by atoms with Crippen LogP contribution in [0.25, 0.3) is 0 Å². The maximum Gasteiger partial charge on any atom is 0.228 e. The molecule has 0 aliphatic carbocycles. The zero-order valence-electron chi connectivity index (χ0n) is 19.9. The average Bonchev–Trinajstić information content (AvgIpc) is 3.36. The number of piperidine rings is 1. The average molecular weight is 468 g/mol. The van der Waals surface area contributed by atoms with Crippen LogP contribution in [0.2, 0.25) is 0 Å². The van der Waals surface area contributed by atoms with Gasteiger partial charge in [0, 0.05) is 32.1 Å². The van der Waals surface area contributed by atoms with E-state index in [4.69, 9.17) is 8.94 Å². The number of rotatable bonds is 8. The highest BCUT2D eigenvalue weighted by Crippen LogP contribution is 2.31. The van der Waals surface area contributed by atoms with E-state index in [0.717, 1.165) is 0 Å². The normalized spacial score (nSPS) is 17.2. The molecule has 0 spiro atoms. The summed E-state index contributed by atoms with van der Waals surface area (Å²) in [4.78, 5) is 15.3. The fraction of sp³-hybridized carbons (Fsp3) is 0.714. The zero-order chi connectivity index (χ0) is 23.9. The number of hydrogen-bond donors (Lipinski definition) is 0. The molecule has 0 bridgehead atoms. The van der Waals surface area contributed by atoms with E-state index in [1.807, 2.05) is 34.7 Å². The first-order chi connectivity index (χ1) is 14.7. The number of sulfonamides is 1. The molecule has 32 heavy (non-hydrogen) atoms. The molecule has 1 aliphatic rings. The summed E-state index contributed by atoms with van der Waals surface area (Å²) >= 11 is 0. The summed E-state index contributed by atoms with van der Waals surface area (Å²) < 4.78 is 36.0. The van der Waals surface area contributed by atoms with Gasteiger partial charge in [0.15, 0.2) is 5.78 Å². The predicted octanol–water partition coefficient (Wildman–Crippen LogP) is 1.94. The SMILES string of the molecule is Cc1nnc(C(C)(C)c2cc(CC(=O)C(C)(C)N(C)C3CCN(S(C)(=O)=O)CC3)on2)o1. The second-order valence-electron chi connectivity index (χ2n) is 9.59. The third-order valence-electron chi connectivity index (χ3n) is 6.60. The Morgan fingerprint density at radius 1 is 1.22 bits per heavy atom. The van der Waals surface area contributed by atoms with Crippen molar-refractivity contribution in [3.63, 3.8) is 0 Å². The van der Waals surface area contributed by atoms with Gasteiger partial charge in [-0.2, -0.15) is 0 Å². The molecular weight excluding hydrogens is 434 g/mol. The molecule has 0 N–H and O–H groups in total. The van der Waals surface area contributed by atoms with Gasteiger partial charge in [0.1, 0.15) is 5.76 Å². The lowest BCUT2D eigenvalue weighted by Gasteiger charge is -2.43. The van der Waals surface area contributed by atoms with Crippen LogP contribution in [0.5, 0.6) is 0 Å². The van der Waals surface area contributed by atoms with E-state index >= 15 is 0 Å². The maximum absolute atomic E-state index is 13.2. The van der Waals surface area contributed by atoms with Gasteiger partial charge in [-0.1, -0.05) is 5.16 Å². The molecule has 0 aromatic carbocycles. The van der Waals surface area contributed by atoms with Crippen molar-refractivity contribution in [2.45, 2.75) is 70.9 Å². The van der Waals surface area contributed by atoms with Crippen LogP contribution in [0.3, 0.4) is 0 Å². The highest BCUT2D eigenvalue weighted by atomic mass is 32.2. The molecule has 1 aliphatic heterocycles. The molecule has 11 heteroatoms. The second-order valence-corrected chi connectivity index (χ2v) is 11.6. The number of hydrogen-bond acceptors (Lipinski definition) is 9. The molecule has 3 heterocycles. The Bertz CT molecular complexity index is 1060. The lowest BCUT2D eigenvalue weighted by atomic mass is 9.88. The first kappa shape index (κ1) is 24.5. The van der Waals surface area contributed by atoms with E-state index in [9.17, 15) is 13.2 Å². The summed E-state index contributed by atoms with van der Waals surface area (Å²) in [5, 5.41) is 12.1. The molecule has 3 rings (SSSR count). The van der Waals surface area contributed by atoms with Crippen molar-refractivity contribution >= 4 is 15.8 Å². The summed E-state index contributed by atoms with van der Waals surface area (Å²) in [6.45, 7) is 10.3. The largest absolute Gasteiger partial charge is 0.425 e. The van der Waals surface area contributed by atoms with E-state index in [-0.39, 0.29) is 18.2 Å². The lowest BCUT2D eigenvalue weighted by Crippen LogP contribution is -2.56. The Kier molecular flexibility index (Phi) is 6.65. The molecule has 0 saturated carbocycles. The third-order valence-corrected chi connectivity index (χ3v) is 7.90. The minimum atomic E-state index is -3.18. The van der Waals surface area contributed by atoms with E-state index < -0.39 is 21.0 Å². The standard InChI is InChI=1S/C21H33N5O5S/c1-14-22-23-19(30-14)20(2,3)17-12-16(31-24-17)13-18(27)21(4,5)25(6)15-8-10-26(11-9-15)32(7,28)29/h12,15H,8-11,13H2,1-7H3. The number of likely N-dealkylation sites (N-methyl/N-ethyl adjacent to an activating group) is 1. The number of carbonyl (C=O) groups excluding carboxylic acids is 1. The zero-order valence-corrected chi connectivity index (χ0v) is 20.7. The van der Waals surface area contributed by atoms with Crippen LogP contribution in [0.1, 0.15) is 63.8 Å². The lowest BCUT2D eigenvalue weighted by molar-refractivity contribution is -0.130. The molecule has 1 saturated heterocycles. The third kappa shape index (κ3) is 4.94. The number of ketones is 1. The summed E-state index contributed by atoms with van der Waals surface area (Å²) in [6.07, 6.45) is 2.71. The summed E-state index contributed by atoms with van der Waals surface area (Å²) in [5.74, 6) is 1.38. The van der Waals surface area contributed by atoms with Crippen molar-refractivity contribution in [3.05, 3.63) is 29.3 Å². The smallest absolute Gasteiger partial charge is 0.228 e. The molecule has 0 amide bonds. The fourth-order valence-electron chi connectivity index (χ4n) is 3.94. The minimum absolute atomic E-state index is 0.000293. The molecule has 0 atom stereocenters. The van der Waals surface area contributed by atoms with E-state index in [2.05, 4.69) is 20.3 Å². The highest BCUT2D eigenvalue weighted by Gasteiger charge is 2.39. The Hall–Kier alpha value is -2.11. The van der Waals surface area contributed by atoms with Gasteiger partial charge in [0.2, 0.25) is 21.8 Å². The van der Waals surface area contributed by atoms with Gasteiger partial charge in [-0.25, -0.2) is 12.7 Å².